The van der Waals surface area contributed by atoms with Gasteiger partial charge in [-0.25, -0.2) is 31.9 Å². The van der Waals surface area contributed by atoms with E-state index in [1.54, 1.807) is 37.6 Å². The van der Waals surface area contributed by atoms with Crippen LogP contribution in [0.3, 0.4) is 0 Å². The van der Waals surface area contributed by atoms with E-state index in [0.717, 1.165) is 31.5 Å². The molecule has 9 aromatic rings. The number of pyridine rings is 1. The van der Waals surface area contributed by atoms with Crippen molar-refractivity contribution in [2.75, 3.05) is 49.1 Å². The Balaban J connectivity index is 0.000000151. The molecule has 4 aliphatic rings. The number of aliphatic hydroxyl groups excluding tert-OH is 1. The van der Waals surface area contributed by atoms with Gasteiger partial charge in [0, 0.05) is 103 Å². The third-order valence-electron chi connectivity index (χ3n) is 16.6. The number of aromatic amines is 3. The standard InChI is InChI=1S/C29H26F2N6O2.C25H23F3N6O/c1-36-27(39)23-18(15-6-7-17-16(24(15)31)8-10-33-26(17)38)12-34-25(23)35-28(36)37-11-9-19-21(13-37)29(19,14-32)20-4-2-3-5-22(20)30;26-18-4-2-1-3-16(18)25(12-29)15-5-6-34(10-17(15)25)21-9-30-23-22(32-33-24(23)31-21)13-7-19(27)14(11-35)20(28)8-13/h2-8,10,12,19,21,34H,9,11,13-14,32H2,1H3,(H,33,38);1-4,7-9,15,17,35H,5-6,10-12,29H2,(H,31,32,33)/t19-,21+,29-;15-,17+,25-/m11/s1. The number of rotatable bonds is 9. The topological polar surface area (TPSA) is 217 Å². The summed E-state index contributed by atoms with van der Waals surface area (Å²) in [6.45, 7) is 2.66. The normalized spacial score (nSPS) is 22.9. The Kier molecular flexibility index (Phi) is 11.3. The molecule has 2 aliphatic heterocycles. The van der Waals surface area contributed by atoms with Crippen LogP contribution in [-0.4, -0.2) is 84.1 Å². The molecule has 7 heterocycles. The van der Waals surface area contributed by atoms with Crippen molar-refractivity contribution in [3.8, 4) is 22.4 Å². The number of nitrogens with one attached hydrogen (secondary N) is 3. The molecule has 8 N–H and O–H groups in total. The lowest BCUT2D eigenvalue weighted by Crippen LogP contribution is -2.37. The summed E-state index contributed by atoms with van der Waals surface area (Å²) in [7, 11) is 1.66. The number of nitrogens with two attached hydrogens (primary N) is 2. The number of halogens is 5. The zero-order valence-corrected chi connectivity index (χ0v) is 39.8. The Hall–Kier alpha value is -7.81. The van der Waals surface area contributed by atoms with Crippen LogP contribution in [-0.2, 0) is 24.5 Å². The van der Waals surface area contributed by atoms with Crippen molar-refractivity contribution in [3.63, 3.8) is 0 Å². The van der Waals surface area contributed by atoms with Crippen LogP contribution in [0, 0.1) is 52.8 Å². The SMILES string of the molecule is Cn1c(N2CC[C@@H]3[C@H](C2)[C@@]3(CN)c2ccccc2F)nc2[nH]cc(-c3ccc4c(=O)[nH]ccc4c3F)c2c1=O.NC[C@]1(c2ccccc2F)[C@@H]2CCN(c3cnc4c(-c5cc(F)c(CO)c(F)c5)[nH]nc4n3)C[C@@H]21. The highest BCUT2D eigenvalue weighted by Crippen LogP contribution is 2.64. The van der Waals surface area contributed by atoms with E-state index >= 15 is 4.39 Å². The number of benzene rings is 4. The van der Waals surface area contributed by atoms with Gasteiger partial charge in [0.1, 0.15) is 46.1 Å². The Labute approximate surface area is 418 Å². The predicted molar refractivity (Wildman–Crippen MR) is 270 cm³/mol. The van der Waals surface area contributed by atoms with Crippen molar-refractivity contribution >= 4 is 44.7 Å². The first-order valence-corrected chi connectivity index (χ1v) is 24.4. The number of aromatic nitrogens is 8. The lowest BCUT2D eigenvalue weighted by molar-refractivity contribution is 0.269. The molecule has 15 nitrogen and oxygen atoms in total. The van der Waals surface area contributed by atoms with E-state index in [0.29, 0.717) is 89.6 Å². The van der Waals surface area contributed by atoms with Gasteiger partial charge in [0.2, 0.25) is 11.6 Å². The highest BCUT2D eigenvalue weighted by atomic mass is 19.1. The van der Waals surface area contributed by atoms with Gasteiger partial charge in [-0.2, -0.15) is 10.1 Å². The minimum absolute atomic E-state index is 0.148. The third-order valence-corrected chi connectivity index (χ3v) is 16.6. The van der Waals surface area contributed by atoms with Crippen molar-refractivity contribution in [2.24, 2.45) is 42.2 Å². The number of hydrogen-bond acceptors (Lipinski definition) is 11. The van der Waals surface area contributed by atoms with Gasteiger partial charge in [-0.05, 0) is 84.0 Å². The van der Waals surface area contributed by atoms with E-state index in [2.05, 4.69) is 39.9 Å². The Bertz CT molecular complexity index is 3820. The maximum absolute atomic E-state index is 15.5. The summed E-state index contributed by atoms with van der Waals surface area (Å²) >= 11 is 0. The lowest BCUT2D eigenvalue weighted by atomic mass is 9.91. The maximum Gasteiger partial charge on any atom is 0.264 e. The van der Waals surface area contributed by atoms with E-state index in [1.165, 1.54) is 35.0 Å². The summed E-state index contributed by atoms with van der Waals surface area (Å²) in [4.78, 5) is 49.4. The molecule has 74 heavy (non-hydrogen) atoms. The lowest BCUT2D eigenvalue weighted by Gasteiger charge is -2.28. The summed E-state index contributed by atoms with van der Waals surface area (Å²) in [5.74, 6) is -0.642. The van der Waals surface area contributed by atoms with Crippen molar-refractivity contribution in [1.82, 2.24) is 39.7 Å². The van der Waals surface area contributed by atoms with Crippen molar-refractivity contribution < 1.29 is 27.1 Å². The monoisotopic (exact) mass is 1010 g/mol. The fourth-order valence-electron chi connectivity index (χ4n) is 12.8. The predicted octanol–water partition coefficient (Wildman–Crippen LogP) is 6.68. The molecule has 2 saturated heterocycles. The molecule has 4 fully saturated rings. The smallest absolute Gasteiger partial charge is 0.264 e. The number of H-pyrrole nitrogens is 3. The molecular weight excluding hydrogens is 960 g/mol. The number of fused-ring (bicyclic) bond motifs is 5. The molecule has 4 aromatic carbocycles. The second-order valence-corrected chi connectivity index (χ2v) is 19.8. The molecule has 378 valence electrons. The Morgan fingerprint density at radius 1 is 0.743 bits per heavy atom. The molecule has 5 aromatic heterocycles. The van der Waals surface area contributed by atoms with Gasteiger partial charge in [0.25, 0.3) is 11.1 Å². The van der Waals surface area contributed by atoms with Crippen LogP contribution in [0.4, 0.5) is 33.7 Å². The Morgan fingerprint density at radius 2 is 1.38 bits per heavy atom. The van der Waals surface area contributed by atoms with E-state index in [9.17, 15) is 27.2 Å². The second-order valence-electron chi connectivity index (χ2n) is 19.8. The highest BCUT2D eigenvalue weighted by Gasteiger charge is 2.67. The minimum atomic E-state index is -0.847. The number of nitrogens with zero attached hydrogens (tertiary/aromatic N) is 7. The molecule has 13 rings (SSSR count). The molecule has 6 atom stereocenters. The number of aliphatic hydroxyl groups is 1. The van der Waals surface area contributed by atoms with Crippen LogP contribution >= 0.6 is 0 Å². The van der Waals surface area contributed by atoms with E-state index in [1.807, 2.05) is 24.3 Å². The molecule has 0 amide bonds. The molecule has 0 unspecified atom stereocenters. The van der Waals surface area contributed by atoms with Gasteiger partial charge in [0.15, 0.2) is 0 Å². The molecule has 0 spiro atoms. The van der Waals surface area contributed by atoms with Crippen LogP contribution in [0.15, 0.2) is 107 Å². The largest absolute Gasteiger partial charge is 0.391 e. The first kappa shape index (κ1) is 47.2. The molecule has 20 heteroatoms. The van der Waals surface area contributed by atoms with E-state index < -0.39 is 35.0 Å². The maximum atomic E-state index is 15.5. The highest BCUT2D eigenvalue weighted by molar-refractivity contribution is 5.97. The average Bonchev–Trinajstić information content (AvgIpc) is 4.11. The quantitative estimate of drug-likeness (QED) is 0.0839. The average molecular weight is 1010 g/mol. The molecule has 0 bridgehead atoms. The first-order valence-electron chi connectivity index (χ1n) is 24.4. The van der Waals surface area contributed by atoms with Crippen molar-refractivity contribution in [2.45, 2.75) is 30.3 Å². The number of hydrogen-bond donors (Lipinski definition) is 6. The summed E-state index contributed by atoms with van der Waals surface area (Å²) < 4.78 is 74.8. The minimum Gasteiger partial charge on any atom is -0.391 e. The molecule has 2 saturated carbocycles. The van der Waals surface area contributed by atoms with Gasteiger partial charge < -0.3 is 36.3 Å². The van der Waals surface area contributed by atoms with Gasteiger partial charge >= 0.3 is 0 Å². The van der Waals surface area contributed by atoms with Crippen LogP contribution < -0.4 is 32.4 Å². The van der Waals surface area contributed by atoms with Crippen molar-refractivity contribution in [3.05, 3.63) is 164 Å². The zero-order valence-electron chi connectivity index (χ0n) is 39.8. The zero-order chi connectivity index (χ0) is 51.4. The third kappa shape index (κ3) is 7.09. The van der Waals surface area contributed by atoms with Gasteiger partial charge in [-0.1, -0.05) is 42.5 Å². The van der Waals surface area contributed by atoms with Crippen molar-refractivity contribution in [1.29, 1.82) is 0 Å². The fourth-order valence-corrected chi connectivity index (χ4v) is 12.8. The van der Waals surface area contributed by atoms with Crippen LogP contribution in [0.2, 0.25) is 0 Å². The Morgan fingerprint density at radius 3 is 2.01 bits per heavy atom. The van der Waals surface area contributed by atoms with Gasteiger partial charge in [-0.15, -0.1) is 0 Å². The molecule has 2 aliphatic carbocycles. The summed E-state index contributed by atoms with van der Waals surface area (Å²) in [6.07, 6.45) is 6.25. The van der Waals surface area contributed by atoms with Gasteiger partial charge in [-0.3, -0.25) is 19.3 Å². The summed E-state index contributed by atoms with van der Waals surface area (Å²) in [5.41, 5.74) is 14.1. The number of piperidine rings is 2. The molecule has 0 radical (unpaired) electrons. The van der Waals surface area contributed by atoms with Gasteiger partial charge in [0.05, 0.1) is 23.9 Å². The molecular formula is C54H49F5N12O3. The number of anilines is 2. The summed E-state index contributed by atoms with van der Waals surface area (Å²) in [5, 5.41) is 16.8. The van der Waals surface area contributed by atoms with E-state index in [-0.39, 0.29) is 73.2 Å². The van der Waals surface area contributed by atoms with Crippen LogP contribution in [0.5, 0.6) is 0 Å². The fraction of sp³-hybridized carbons (Fsp3) is 0.296. The van der Waals surface area contributed by atoms with Crippen LogP contribution in [0.1, 0.15) is 29.5 Å². The van der Waals surface area contributed by atoms with E-state index in [4.69, 9.17) is 21.6 Å². The first-order chi connectivity index (χ1) is 35.8. The van der Waals surface area contributed by atoms with Crippen LogP contribution in [0.25, 0.3) is 55.4 Å². The summed E-state index contributed by atoms with van der Waals surface area (Å²) in [6, 6.07) is 20.5. The second kappa shape index (κ2) is 17.7.